The molecule has 0 saturated carbocycles. The number of aryl methyl sites for hydroxylation is 2. The van der Waals surface area contributed by atoms with Gasteiger partial charge in [-0.2, -0.15) is 0 Å². The number of fused-ring (bicyclic) bond motifs is 4. The number of aromatic nitrogens is 8. The summed E-state index contributed by atoms with van der Waals surface area (Å²) in [5.41, 5.74) is 14.9. The average molecular weight is 759 g/mol. The highest BCUT2D eigenvalue weighted by Crippen LogP contribution is 2.34. The summed E-state index contributed by atoms with van der Waals surface area (Å²) >= 11 is 0. The van der Waals surface area contributed by atoms with Crippen LogP contribution in [0.25, 0.3) is 66.1 Å². The van der Waals surface area contributed by atoms with Crippen LogP contribution in [0.4, 0.5) is 11.4 Å². The topological polar surface area (TPSA) is 111 Å². The molecule has 6 heterocycles. The highest BCUT2D eigenvalue weighted by atomic mass is 14.9. The van der Waals surface area contributed by atoms with E-state index in [4.69, 9.17) is 0 Å². The molecule has 4 aromatic carbocycles. The van der Waals surface area contributed by atoms with E-state index in [-0.39, 0.29) is 6.04 Å². The van der Waals surface area contributed by atoms with E-state index in [0.717, 1.165) is 68.7 Å². The maximum Gasteiger partial charge on any atom is 0.0966 e. The molecule has 1 atom stereocenters. The monoisotopic (exact) mass is 758 g/mol. The molecule has 1 unspecified atom stereocenters. The Kier molecular flexibility index (Phi) is 9.95. The zero-order valence-electron chi connectivity index (χ0n) is 32.6. The summed E-state index contributed by atoms with van der Waals surface area (Å²) in [5, 5.41) is 9.60. The third-order valence-electron chi connectivity index (χ3n) is 10.6. The van der Waals surface area contributed by atoms with E-state index in [1.165, 1.54) is 32.9 Å². The molecule has 2 N–H and O–H groups in total. The number of anilines is 2. The second kappa shape index (κ2) is 16.0. The Morgan fingerprint density at radius 1 is 0.569 bits per heavy atom. The molecule has 6 aromatic heterocycles. The summed E-state index contributed by atoms with van der Waals surface area (Å²) in [6, 6.07) is 34.1. The number of hydrogen-bond donors (Lipinski definition) is 2. The summed E-state index contributed by atoms with van der Waals surface area (Å²) in [6.07, 6.45) is 19.4. The maximum atomic E-state index is 4.62. The van der Waals surface area contributed by atoms with Crippen molar-refractivity contribution >= 4 is 55.2 Å². The van der Waals surface area contributed by atoms with Crippen LogP contribution in [0.1, 0.15) is 24.1 Å². The van der Waals surface area contributed by atoms with Gasteiger partial charge in [0, 0.05) is 122 Å². The SMILES string of the molecule is CC(Nc1cc(-c2ccc3ccn(C)c3c2)c2nccnc2c1)c1ccncc1.Cn1ccc2ccc(-c3cc(NCCc4cccnc4)cc4nccnc34)cc21. The lowest BCUT2D eigenvalue weighted by atomic mass is 10.0. The van der Waals surface area contributed by atoms with E-state index in [1.54, 1.807) is 31.0 Å². The molecular weight excluding hydrogens is 717 g/mol. The Balaban J connectivity index is 0.000000150. The molecule has 10 heteroatoms. The van der Waals surface area contributed by atoms with Gasteiger partial charge in [0.2, 0.25) is 0 Å². The Bertz CT molecular complexity index is 3010. The molecule has 0 aliphatic heterocycles. The van der Waals surface area contributed by atoms with Crippen molar-refractivity contribution in [1.29, 1.82) is 0 Å². The fraction of sp³-hybridized carbons (Fsp3) is 0.125. The lowest BCUT2D eigenvalue weighted by molar-refractivity contribution is 0.881. The summed E-state index contributed by atoms with van der Waals surface area (Å²) in [4.78, 5) is 26.6. The Morgan fingerprint density at radius 3 is 1.76 bits per heavy atom. The minimum atomic E-state index is 0.148. The first-order valence-electron chi connectivity index (χ1n) is 19.4. The Hall–Kier alpha value is -7.46. The molecule has 10 aromatic rings. The van der Waals surface area contributed by atoms with Gasteiger partial charge in [0.1, 0.15) is 0 Å². The average Bonchev–Trinajstić information content (AvgIpc) is 3.84. The van der Waals surface area contributed by atoms with Crippen molar-refractivity contribution in [3.63, 3.8) is 0 Å². The molecule has 0 fully saturated rings. The molecule has 0 aliphatic rings. The van der Waals surface area contributed by atoms with Gasteiger partial charge in [0.05, 0.1) is 22.1 Å². The van der Waals surface area contributed by atoms with E-state index < -0.39 is 0 Å². The molecule has 0 spiro atoms. The summed E-state index contributed by atoms with van der Waals surface area (Å²) < 4.78 is 4.28. The van der Waals surface area contributed by atoms with Crippen molar-refractivity contribution in [3.8, 4) is 22.3 Å². The molecule has 284 valence electrons. The quantitative estimate of drug-likeness (QED) is 0.150. The van der Waals surface area contributed by atoms with Crippen LogP contribution in [0.2, 0.25) is 0 Å². The number of nitrogens with zero attached hydrogens (tertiary/aromatic N) is 8. The summed E-state index contributed by atoms with van der Waals surface area (Å²) in [5.74, 6) is 0. The predicted molar refractivity (Wildman–Crippen MR) is 236 cm³/mol. The van der Waals surface area contributed by atoms with Gasteiger partial charge >= 0.3 is 0 Å². The lowest BCUT2D eigenvalue weighted by Crippen LogP contribution is -2.07. The number of nitrogens with one attached hydrogen (secondary N) is 2. The van der Waals surface area contributed by atoms with Crippen molar-refractivity contribution in [3.05, 3.63) is 170 Å². The van der Waals surface area contributed by atoms with Crippen LogP contribution >= 0.6 is 0 Å². The third-order valence-corrected chi connectivity index (χ3v) is 10.6. The highest BCUT2D eigenvalue weighted by molar-refractivity contribution is 5.98. The molecule has 0 radical (unpaired) electrons. The minimum Gasteiger partial charge on any atom is -0.385 e. The van der Waals surface area contributed by atoms with Gasteiger partial charge in [-0.25, -0.2) is 0 Å². The molecule has 58 heavy (non-hydrogen) atoms. The van der Waals surface area contributed by atoms with E-state index in [2.05, 4.69) is 162 Å². The fourth-order valence-corrected chi connectivity index (χ4v) is 7.52. The molecule has 0 aliphatic carbocycles. The molecule has 0 saturated heterocycles. The molecule has 0 amide bonds. The molecular formula is C48H42N10. The van der Waals surface area contributed by atoms with Crippen molar-refractivity contribution in [2.75, 3.05) is 17.2 Å². The van der Waals surface area contributed by atoms with Crippen LogP contribution in [0.5, 0.6) is 0 Å². The van der Waals surface area contributed by atoms with Crippen LogP contribution in [0.3, 0.4) is 0 Å². The van der Waals surface area contributed by atoms with Crippen LogP contribution in [0, 0.1) is 0 Å². The molecule has 0 bridgehead atoms. The van der Waals surface area contributed by atoms with Gasteiger partial charge in [-0.15, -0.1) is 0 Å². The summed E-state index contributed by atoms with van der Waals surface area (Å²) in [7, 11) is 4.14. The van der Waals surface area contributed by atoms with Crippen molar-refractivity contribution < 1.29 is 0 Å². The normalized spacial score (nSPS) is 11.8. The van der Waals surface area contributed by atoms with Gasteiger partial charge in [0.15, 0.2) is 0 Å². The second-order valence-electron chi connectivity index (χ2n) is 14.5. The first-order valence-corrected chi connectivity index (χ1v) is 19.4. The van der Waals surface area contributed by atoms with Gasteiger partial charge in [-0.3, -0.25) is 29.9 Å². The number of hydrogen-bond acceptors (Lipinski definition) is 8. The van der Waals surface area contributed by atoms with Crippen molar-refractivity contribution in [2.45, 2.75) is 19.4 Å². The van der Waals surface area contributed by atoms with Gasteiger partial charge in [0.25, 0.3) is 0 Å². The Labute approximate surface area is 336 Å². The van der Waals surface area contributed by atoms with Gasteiger partial charge < -0.3 is 19.8 Å². The smallest absolute Gasteiger partial charge is 0.0966 e. The van der Waals surface area contributed by atoms with Crippen molar-refractivity contribution in [1.82, 2.24) is 39.0 Å². The second-order valence-corrected chi connectivity index (χ2v) is 14.5. The number of pyridine rings is 2. The van der Waals surface area contributed by atoms with E-state index in [0.29, 0.717) is 0 Å². The number of rotatable bonds is 9. The highest BCUT2D eigenvalue weighted by Gasteiger charge is 2.14. The minimum absolute atomic E-state index is 0.148. The van der Waals surface area contributed by atoms with Crippen molar-refractivity contribution in [2.24, 2.45) is 14.1 Å². The van der Waals surface area contributed by atoms with E-state index in [9.17, 15) is 0 Å². The largest absolute Gasteiger partial charge is 0.385 e. The van der Waals surface area contributed by atoms with E-state index >= 15 is 0 Å². The molecule has 10 nitrogen and oxygen atoms in total. The van der Waals surface area contributed by atoms with Gasteiger partial charge in [-0.05, 0) is 113 Å². The first-order chi connectivity index (χ1) is 28.5. The Morgan fingerprint density at radius 2 is 1.16 bits per heavy atom. The molecule has 10 rings (SSSR count). The zero-order chi connectivity index (χ0) is 39.4. The summed E-state index contributed by atoms with van der Waals surface area (Å²) in [6.45, 7) is 2.97. The van der Waals surface area contributed by atoms with Crippen LogP contribution in [-0.2, 0) is 20.5 Å². The standard InChI is InChI=1S/2C24H21N5/c1-16(17-5-8-25-9-6-17)28-20-14-21(24-22(15-20)26-10-11-27-24)19-4-3-18-7-12-29(2)23(18)13-19;1-29-12-7-18-4-5-19(13-23(18)29)21-14-20(15-22-24(21)28-11-10-27-22)26-9-6-17-3-2-8-25-16-17/h3-16,28H,1-2H3;2-5,7-8,10-16,26H,6,9H2,1H3. The maximum absolute atomic E-state index is 4.62. The fourth-order valence-electron chi connectivity index (χ4n) is 7.52. The first kappa shape index (κ1) is 36.2. The van der Waals surface area contributed by atoms with Crippen LogP contribution < -0.4 is 10.6 Å². The van der Waals surface area contributed by atoms with E-state index in [1.807, 2.05) is 36.8 Å². The van der Waals surface area contributed by atoms with Crippen LogP contribution in [0.15, 0.2) is 159 Å². The number of benzene rings is 4. The van der Waals surface area contributed by atoms with Crippen LogP contribution in [-0.4, -0.2) is 45.6 Å². The van der Waals surface area contributed by atoms with Gasteiger partial charge in [-0.1, -0.05) is 30.3 Å². The predicted octanol–water partition coefficient (Wildman–Crippen LogP) is 10.2. The zero-order valence-corrected chi connectivity index (χ0v) is 32.6. The lowest BCUT2D eigenvalue weighted by Gasteiger charge is -2.17. The third kappa shape index (κ3) is 7.55.